The first-order chi connectivity index (χ1) is 9.72. The molecule has 2 N–H and O–H groups in total. The first-order valence-electron chi connectivity index (χ1n) is 6.66. The van der Waals surface area contributed by atoms with Gasteiger partial charge in [0, 0.05) is 42.5 Å². The third-order valence-corrected chi connectivity index (χ3v) is 3.36. The fourth-order valence-corrected chi connectivity index (χ4v) is 2.21. The fraction of sp³-hybridized carbons (Fsp3) is 0.267. The summed E-state index contributed by atoms with van der Waals surface area (Å²) in [6.45, 7) is 3.35. The molecule has 1 aliphatic rings. The van der Waals surface area contributed by atoms with Gasteiger partial charge in [0.05, 0.1) is 5.69 Å². The molecule has 0 unspecified atom stereocenters. The lowest BCUT2D eigenvalue weighted by Crippen LogP contribution is -2.25. The van der Waals surface area contributed by atoms with Crippen LogP contribution in [-0.2, 0) is 13.0 Å². The van der Waals surface area contributed by atoms with E-state index in [0.717, 1.165) is 36.5 Å². The fourth-order valence-electron chi connectivity index (χ4n) is 2.21. The molecule has 0 spiro atoms. The van der Waals surface area contributed by atoms with Gasteiger partial charge in [0.15, 0.2) is 5.78 Å². The van der Waals surface area contributed by atoms with Crippen LogP contribution in [0, 0.1) is 0 Å². The van der Waals surface area contributed by atoms with Gasteiger partial charge in [-0.25, -0.2) is 9.97 Å². The Balaban J connectivity index is 1.78. The number of rotatable bonds is 3. The van der Waals surface area contributed by atoms with E-state index in [0.29, 0.717) is 11.5 Å². The zero-order chi connectivity index (χ0) is 13.9. The van der Waals surface area contributed by atoms with Crippen molar-refractivity contribution in [1.82, 2.24) is 15.3 Å². The van der Waals surface area contributed by atoms with E-state index in [4.69, 9.17) is 0 Å². The van der Waals surface area contributed by atoms with Crippen molar-refractivity contribution in [2.45, 2.75) is 19.9 Å². The molecule has 0 aliphatic carbocycles. The largest absolute Gasteiger partial charge is 0.324 e. The van der Waals surface area contributed by atoms with Crippen molar-refractivity contribution in [3.8, 4) is 0 Å². The summed E-state index contributed by atoms with van der Waals surface area (Å²) in [6.07, 6.45) is 2.79. The van der Waals surface area contributed by atoms with Gasteiger partial charge in [-0.1, -0.05) is 0 Å². The first kappa shape index (κ1) is 12.7. The predicted octanol–water partition coefficient (Wildman–Crippen LogP) is 2.07. The molecule has 0 fully saturated rings. The predicted molar refractivity (Wildman–Crippen MR) is 77.2 cm³/mol. The van der Waals surface area contributed by atoms with Crippen LogP contribution in [0.15, 0.2) is 30.5 Å². The van der Waals surface area contributed by atoms with Crippen molar-refractivity contribution in [3.05, 3.63) is 47.3 Å². The molecule has 0 atom stereocenters. The molecule has 1 aliphatic heterocycles. The van der Waals surface area contributed by atoms with Gasteiger partial charge < -0.3 is 10.6 Å². The highest BCUT2D eigenvalue weighted by Gasteiger charge is 2.11. The van der Waals surface area contributed by atoms with Crippen molar-refractivity contribution < 1.29 is 4.79 Å². The number of nitrogens with one attached hydrogen (secondary N) is 2. The highest BCUT2D eigenvalue weighted by Crippen LogP contribution is 2.17. The molecule has 0 amide bonds. The molecular formula is C15H16N4O. The molecule has 20 heavy (non-hydrogen) atoms. The van der Waals surface area contributed by atoms with Gasteiger partial charge in [-0.3, -0.25) is 4.79 Å². The number of ketones is 1. The van der Waals surface area contributed by atoms with Gasteiger partial charge in [0.1, 0.15) is 0 Å². The summed E-state index contributed by atoms with van der Waals surface area (Å²) in [4.78, 5) is 20.1. The molecule has 3 rings (SSSR count). The Morgan fingerprint density at radius 1 is 1.30 bits per heavy atom. The van der Waals surface area contributed by atoms with E-state index in [2.05, 4.69) is 20.6 Å². The van der Waals surface area contributed by atoms with Crippen LogP contribution in [0.2, 0.25) is 0 Å². The van der Waals surface area contributed by atoms with E-state index in [1.165, 1.54) is 0 Å². The van der Waals surface area contributed by atoms with E-state index in [1.807, 2.05) is 18.3 Å². The number of hydrogen-bond donors (Lipinski definition) is 2. The number of hydrogen-bond acceptors (Lipinski definition) is 5. The van der Waals surface area contributed by atoms with Crippen LogP contribution in [0.4, 0.5) is 11.6 Å². The number of aromatic nitrogens is 2. The van der Waals surface area contributed by atoms with E-state index in [1.54, 1.807) is 19.1 Å². The summed E-state index contributed by atoms with van der Waals surface area (Å²) in [5.74, 6) is 0.662. The lowest BCUT2D eigenvalue weighted by molar-refractivity contribution is 0.101. The minimum atomic E-state index is 0.0640. The van der Waals surface area contributed by atoms with Crippen LogP contribution in [-0.4, -0.2) is 22.3 Å². The number of carbonyl (C=O) groups is 1. The monoisotopic (exact) mass is 268 g/mol. The van der Waals surface area contributed by atoms with E-state index >= 15 is 0 Å². The molecule has 5 heteroatoms. The van der Waals surface area contributed by atoms with Gasteiger partial charge in [-0.2, -0.15) is 0 Å². The number of anilines is 2. The van der Waals surface area contributed by atoms with Crippen LogP contribution >= 0.6 is 0 Å². The number of Topliss-reactive ketones (excluding diaryl/α,β-unsaturated/α-hetero) is 1. The van der Waals surface area contributed by atoms with Gasteiger partial charge in [0.25, 0.3) is 0 Å². The molecule has 1 aromatic carbocycles. The molecule has 102 valence electrons. The van der Waals surface area contributed by atoms with Crippen molar-refractivity contribution in [2.24, 2.45) is 0 Å². The maximum Gasteiger partial charge on any atom is 0.227 e. The highest BCUT2D eigenvalue weighted by molar-refractivity contribution is 5.94. The highest BCUT2D eigenvalue weighted by atomic mass is 16.1. The minimum absolute atomic E-state index is 0.0640. The van der Waals surface area contributed by atoms with E-state index in [-0.39, 0.29) is 5.78 Å². The normalized spacial score (nSPS) is 13.7. The van der Waals surface area contributed by atoms with Crippen LogP contribution in [0.5, 0.6) is 0 Å². The van der Waals surface area contributed by atoms with Crippen molar-refractivity contribution in [2.75, 3.05) is 11.9 Å². The average molecular weight is 268 g/mol. The Labute approximate surface area is 117 Å². The quantitative estimate of drug-likeness (QED) is 0.834. The van der Waals surface area contributed by atoms with E-state index in [9.17, 15) is 4.79 Å². The van der Waals surface area contributed by atoms with Gasteiger partial charge in [0.2, 0.25) is 5.95 Å². The first-order valence-corrected chi connectivity index (χ1v) is 6.66. The molecule has 2 aromatic rings. The Hall–Kier alpha value is -2.27. The minimum Gasteiger partial charge on any atom is -0.324 e. The van der Waals surface area contributed by atoms with Crippen molar-refractivity contribution in [3.63, 3.8) is 0 Å². The smallest absolute Gasteiger partial charge is 0.227 e. The molecule has 0 bridgehead atoms. The molecule has 2 heterocycles. The molecule has 5 nitrogen and oxygen atoms in total. The topological polar surface area (TPSA) is 66.9 Å². The zero-order valence-electron chi connectivity index (χ0n) is 11.3. The standard InChI is InChI=1S/C15H16N4O/c1-10(20)11-2-4-13(5-3-11)18-15-17-9-12-8-16-7-6-14(12)19-15/h2-5,9,16H,6-8H2,1H3,(H,17,18,19). The molecule has 0 saturated heterocycles. The molecule has 0 radical (unpaired) electrons. The van der Waals surface area contributed by atoms with Gasteiger partial charge >= 0.3 is 0 Å². The Kier molecular flexibility index (Phi) is 3.43. The number of fused-ring (bicyclic) bond motifs is 1. The number of nitrogens with zero attached hydrogens (tertiary/aromatic N) is 2. The molecule has 0 saturated carbocycles. The van der Waals surface area contributed by atoms with Crippen LogP contribution < -0.4 is 10.6 Å². The van der Waals surface area contributed by atoms with Crippen molar-refractivity contribution in [1.29, 1.82) is 0 Å². The lowest BCUT2D eigenvalue weighted by Gasteiger charge is -2.16. The Bertz CT molecular complexity index is 637. The molecule has 1 aromatic heterocycles. The second-order valence-corrected chi connectivity index (χ2v) is 4.85. The second kappa shape index (κ2) is 5.38. The second-order valence-electron chi connectivity index (χ2n) is 4.85. The zero-order valence-corrected chi connectivity index (χ0v) is 11.3. The summed E-state index contributed by atoms with van der Waals surface area (Å²) in [6, 6.07) is 7.32. The third kappa shape index (κ3) is 2.67. The number of benzene rings is 1. The van der Waals surface area contributed by atoms with Crippen LogP contribution in [0.25, 0.3) is 0 Å². The maximum atomic E-state index is 11.2. The molecular weight excluding hydrogens is 252 g/mol. The van der Waals surface area contributed by atoms with Gasteiger partial charge in [-0.05, 0) is 31.2 Å². The third-order valence-electron chi connectivity index (χ3n) is 3.36. The average Bonchev–Trinajstić information content (AvgIpc) is 2.48. The van der Waals surface area contributed by atoms with Crippen LogP contribution in [0.1, 0.15) is 28.5 Å². The van der Waals surface area contributed by atoms with Crippen LogP contribution in [0.3, 0.4) is 0 Å². The SMILES string of the molecule is CC(=O)c1ccc(Nc2ncc3c(n2)CCNC3)cc1. The maximum absolute atomic E-state index is 11.2. The number of carbonyl (C=O) groups excluding carboxylic acids is 1. The van der Waals surface area contributed by atoms with Gasteiger partial charge in [-0.15, -0.1) is 0 Å². The summed E-state index contributed by atoms with van der Waals surface area (Å²) in [5.41, 5.74) is 3.84. The lowest BCUT2D eigenvalue weighted by atomic mass is 10.1. The van der Waals surface area contributed by atoms with E-state index < -0.39 is 0 Å². The van der Waals surface area contributed by atoms with Crippen molar-refractivity contribution >= 4 is 17.4 Å². The Morgan fingerprint density at radius 2 is 2.10 bits per heavy atom. The summed E-state index contributed by atoms with van der Waals surface area (Å²) in [5, 5.41) is 6.46. The summed E-state index contributed by atoms with van der Waals surface area (Å²) in [7, 11) is 0. The summed E-state index contributed by atoms with van der Waals surface area (Å²) < 4.78 is 0. The Morgan fingerprint density at radius 3 is 2.85 bits per heavy atom. The summed E-state index contributed by atoms with van der Waals surface area (Å²) >= 11 is 0.